The summed E-state index contributed by atoms with van der Waals surface area (Å²) in [4.78, 5) is 17.3. The fourth-order valence-corrected chi connectivity index (χ4v) is 3.63. The fraction of sp³-hybridized carbons (Fsp3) is 0.312. The predicted molar refractivity (Wildman–Crippen MR) is 88.7 cm³/mol. The van der Waals surface area contributed by atoms with Crippen LogP contribution in [-0.2, 0) is 5.54 Å². The second-order valence-electron chi connectivity index (χ2n) is 5.99. The third kappa shape index (κ3) is 2.53. The van der Waals surface area contributed by atoms with Gasteiger partial charge in [0.2, 0.25) is 0 Å². The number of amides is 1. The fourth-order valence-electron chi connectivity index (χ4n) is 2.64. The Balaban J connectivity index is 1.56. The van der Waals surface area contributed by atoms with Gasteiger partial charge in [-0.25, -0.2) is 0 Å². The van der Waals surface area contributed by atoms with Crippen molar-refractivity contribution in [2.75, 3.05) is 5.32 Å². The van der Waals surface area contributed by atoms with Gasteiger partial charge < -0.3 is 20.0 Å². The van der Waals surface area contributed by atoms with Crippen LogP contribution >= 0.6 is 11.3 Å². The summed E-state index contributed by atoms with van der Waals surface area (Å²) in [6.07, 6.45) is 4.30. The normalized spacial score (nSPS) is 15.9. The van der Waals surface area contributed by atoms with Crippen molar-refractivity contribution in [2.24, 2.45) is 5.73 Å². The first kappa shape index (κ1) is 15.1. The minimum Gasteiger partial charge on any atom is -0.459 e. The van der Waals surface area contributed by atoms with E-state index in [0.29, 0.717) is 16.7 Å². The lowest BCUT2D eigenvalue weighted by molar-refractivity contribution is 0.0997. The van der Waals surface area contributed by atoms with E-state index in [2.05, 4.69) is 15.5 Å². The quantitative estimate of drug-likeness (QED) is 0.752. The van der Waals surface area contributed by atoms with Gasteiger partial charge in [-0.1, -0.05) is 5.16 Å². The molecule has 8 heteroatoms. The van der Waals surface area contributed by atoms with Crippen LogP contribution in [0.1, 0.15) is 41.2 Å². The molecule has 1 aliphatic rings. The lowest BCUT2D eigenvalue weighted by Crippen LogP contribution is -2.44. The summed E-state index contributed by atoms with van der Waals surface area (Å²) in [6, 6.07) is 5.15. The number of furan rings is 1. The molecular weight excluding hydrogens is 328 g/mol. The van der Waals surface area contributed by atoms with Crippen molar-refractivity contribution < 1.29 is 13.7 Å². The molecule has 1 saturated carbocycles. The maximum Gasteiger partial charge on any atom is 0.291 e. The molecule has 0 aromatic carbocycles. The average molecular weight is 344 g/mol. The highest BCUT2D eigenvalue weighted by atomic mass is 32.1. The molecule has 0 atom stereocenters. The SMILES string of the molecule is Cc1cc(NC(=O)c2ccco2)sc1-c1nc(C2(N)CCC2)no1. The molecule has 24 heavy (non-hydrogen) atoms. The minimum atomic E-state index is -0.455. The Labute approximate surface area is 141 Å². The minimum absolute atomic E-state index is 0.262. The second kappa shape index (κ2) is 5.57. The Morgan fingerprint density at radius 1 is 1.46 bits per heavy atom. The largest absolute Gasteiger partial charge is 0.459 e. The number of anilines is 1. The lowest BCUT2D eigenvalue weighted by Gasteiger charge is -2.34. The van der Waals surface area contributed by atoms with Gasteiger partial charge in [-0.3, -0.25) is 4.79 Å². The molecule has 3 N–H and O–H groups in total. The molecule has 0 unspecified atom stereocenters. The molecule has 3 aromatic heterocycles. The van der Waals surface area contributed by atoms with E-state index < -0.39 is 5.54 Å². The first-order chi connectivity index (χ1) is 11.5. The van der Waals surface area contributed by atoms with Gasteiger partial charge in [0.1, 0.15) is 0 Å². The molecule has 0 aliphatic heterocycles. The number of hydrogen-bond acceptors (Lipinski definition) is 7. The van der Waals surface area contributed by atoms with E-state index in [9.17, 15) is 4.79 Å². The van der Waals surface area contributed by atoms with Gasteiger partial charge in [0.15, 0.2) is 11.6 Å². The summed E-state index contributed by atoms with van der Waals surface area (Å²) in [5, 5.41) is 7.53. The molecule has 3 aromatic rings. The summed E-state index contributed by atoms with van der Waals surface area (Å²) >= 11 is 1.38. The predicted octanol–water partition coefficient (Wildman–Crippen LogP) is 3.29. The summed E-state index contributed by atoms with van der Waals surface area (Å²) in [5.74, 6) is 0.951. The molecule has 1 aliphatic carbocycles. The van der Waals surface area contributed by atoms with Gasteiger partial charge in [0.05, 0.1) is 21.7 Å². The number of nitrogens with one attached hydrogen (secondary N) is 1. The first-order valence-corrected chi connectivity index (χ1v) is 8.45. The number of carbonyl (C=O) groups excluding carboxylic acids is 1. The number of rotatable bonds is 4. The molecule has 1 amide bonds. The van der Waals surface area contributed by atoms with Crippen molar-refractivity contribution in [3.05, 3.63) is 41.6 Å². The van der Waals surface area contributed by atoms with Crippen molar-refractivity contribution in [1.29, 1.82) is 0 Å². The second-order valence-corrected chi connectivity index (χ2v) is 7.04. The Kier molecular flexibility index (Phi) is 3.50. The zero-order valence-electron chi connectivity index (χ0n) is 13.0. The van der Waals surface area contributed by atoms with Crippen LogP contribution in [0.4, 0.5) is 5.00 Å². The standard InChI is InChI=1S/C16H16N4O3S/c1-9-8-11(18-13(21)10-4-2-7-22-10)24-12(9)14-19-15(20-23-14)16(17)5-3-6-16/h2,4,7-8H,3,5-6,17H2,1H3,(H,18,21). The van der Waals surface area contributed by atoms with E-state index in [1.165, 1.54) is 17.6 Å². The van der Waals surface area contributed by atoms with Crippen molar-refractivity contribution >= 4 is 22.2 Å². The van der Waals surface area contributed by atoms with Crippen molar-refractivity contribution in [2.45, 2.75) is 31.7 Å². The molecule has 3 heterocycles. The van der Waals surface area contributed by atoms with Crippen LogP contribution < -0.4 is 11.1 Å². The molecule has 1 fully saturated rings. The van der Waals surface area contributed by atoms with E-state index in [0.717, 1.165) is 29.7 Å². The number of nitrogens with zero attached hydrogens (tertiary/aromatic N) is 2. The van der Waals surface area contributed by atoms with E-state index in [1.807, 2.05) is 13.0 Å². The van der Waals surface area contributed by atoms with Crippen LogP contribution in [0.25, 0.3) is 10.8 Å². The smallest absolute Gasteiger partial charge is 0.291 e. The van der Waals surface area contributed by atoms with Gasteiger partial charge >= 0.3 is 0 Å². The van der Waals surface area contributed by atoms with Gasteiger partial charge in [-0.2, -0.15) is 4.98 Å². The number of carbonyl (C=O) groups is 1. The highest BCUT2D eigenvalue weighted by Crippen LogP contribution is 2.39. The number of thiophene rings is 1. The molecule has 0 radical (unpaired) electrons. The van der Waals surface area contributed by atoms with Gasteiger partial charge in [-0.05, 0) is 49.9 Å². The Hall–Kier alpha value is -2.45. The van der Waals surface area contributed by atoms with Gasteiger partial charge in [-0.15, -0.1) is 11.3 Å². The third-order valence-corrected chi connectivity index (χ3v) is 5.35. The summed E-state index contributed by atoms with van der Waals surface area (Å²) in [5.41, 5.74) is 6.72. The van der Waals surface area contributed by atoms with E-state index in [1.54, 1.807) is 12.1 Å². The summed E-state index contributed by atoms with van der Waals surface area (Å²) < 4.78 is 10.5. The molecule has 0 bridgehead atoms. The van der Waals surface area contributed by atoms with Crippen LogP contribution in [0.5, 0.6) is 0 Å². The molecule has 124 valence electrons. The molecule has 0 saturated heterocycles. The molecule has 4 rings (SSSR count). The maximum atomic E-state index is 12.0. The highest BCUT2D eigenvalue weighted by molar-refractivity contribution is 7.19. The maximum absolute atomic E-state index is 12.0. The van der Waals surface area contributed by atoms with Gasteiger partial charge in [0, 0.05) is 0 Å². The molecular formula is C16H16N4O3S. The van der Waals surface area contributed by atoms with Crippen molar-refractivity contribution in [3.8, 4) is 10.8 Å². The van der Waals surface area contributed by atoms with Crippen molar-refractivity contribution in [3.63, 3.8) is 0 Å². The molecule has 0 spiro atoms. The summed E-state index contributed by atoms with van der Waals surface area (Å²) in [6.45, 7) is 1.93. The van der Waals surface area contributed by atoms with E-state index in [-0.39, 0.29) is 11.7 Å². The number of aryl methyl sites for hydroxylation is 1. The Morgan fingerprint density at radius 3 is 2.96 bits per heavy atom. The first-order valence-electron chi connectivity index (χ1n) is 7.64. The summed E-state index contributed by atoms with van der Waals surface area (Å²) in [7, 11) is 0. The van der Waals surface area contributed by atoms with E-state index in [4.69, 9.17) is 14.7 Å². The van der Waals surface area contributed by atoms with Crippen LogP contribution in [0, 0.1) is 6.92 Å². The van der Waals surface area contributed by atoms with Crippen molar-refractivity contribution in [1.82, 2.24) is 10.1 Å². The van der Waals surface area contributed by atoms with Gasteiger partial charge in [0.25, 0.3) is 11.8 Å². The monoisotopic (exact) mass is 344 g/mol. The lowest BCUT2D eigenvalue weighted by atomic mass is 9.77. The van der Waals surface area contributed by atoms with Crippen LogP contribution in [-0.4, -0.2) is 16.0 Å². The number of aromatic nitrogens is 2. The van der Waals surface area contributed by atoms with Crippen LogP contribution in [0.2, 0.25) is 0 Å². The Morgan fingerprint density at radius 2 is 2.29 bits per heavy atom. The topological polar surface area (TPSA) is 107 Å². The highest BCUT2D eigenvalue weighted by Gasteiger charge is 2.39. The number of nitrogens with two attached hydrogens (primary N) is 1. The van der Waals surface area contributed by atoms with E-state index >= 15 is 0 Å². The zero-order chi connectivity index (χ0) is 16.7. The molecule has 7 nitrogen and oxygen atoms in total. The third-order valence-electron chi connectivity index (χ3n) is 4.21. The zero-order valence-corrected chi connectivity index (χ0v) is 13.9. The van der Waals surface area contributed by atoms with Crippen LogP contribution in [0.3, 0.4) is 0 Å². The van der Waals surface area contributed by atoms with Crippen LogP contribution in [0.15, 0.2) is 33.4 Å². The average Bonchev–Trinajstić information content (AvgIpc) is 3.25. The Bertz CT molecular complexity index is 877. The number of hydrogen-bond donors (Lipinski definition) is 2.